The van der Waals surface area contributed by atoms with E-state index in [1.54, 1.807) is 6.07 Å². The molecule has 0 unspecified atom stereocenters. The largest absolute Gasteiger partial charge is 0.489 e. The van der Waals surface area contributed by atoms with E-state index < -0.39 is 0 Å². The van der Waals surface area contributed by atoms with Crippen LogP contribution in [-0.2, 0) is 6.61 Å². The van der Waals surface area contributed by atoms with Crippen molar-refractivity contribution in [1.29, 1.82) is 0 Å². The molecule has 0 aliphatic heterocycles. The van der Waals surface area contributed by atoms with Gasteiger partial charge >= 0.3 is 0 Å². The van der Waals surface area contributed by atoms with Gasteiger partial charge in [-0.2, -0.15) is 0 Å². The Morgan fingerprint density at radius 3 is 2.42 bits per heavy atom. The molecule has 24 heavy (non-hydrogen) atoms. The molecule has 0 bridgehead atoms. The molecule has 0 saturated carbocycles. The second-order valence-electron chi connectivity index (χ2n) is 5.58. The average Bonchev–Trinajstić information content (AvgIpc) is 2.60. The quantitative estimate of drug-likeness (QED) is 0.572. The summed E-state index contributed by atoms with van der Waals surface area (Å²) in [6, 6.07) is 22.1. The van der Waals surface area contributed by atoms with Crippen molar-refractivity contribution in [3.05, 3.63) is 95.3 Å². The molecule has 3 heteroatoms. The van der Waals surface area contributed by atoms with Crippen LogP contribution < -0.4 is 4.74 Å². The van der Waals surface area contributed by atoms with Gasteiger partial charge in [-0.25, -0.2) is 4.39 Å². The number of rotatable bonds is 5. The van der Waals surface area contributed by atoms with E-state index in [0.717, 1.165) is 22.6 Å². The third kappa shape index (κ3) is 4.53. The van der Waals surface area contributed by atoms with Gasteiger partial charge in [-0.15, -0.1) is 0 Å². The Bertz CT molecular complexity index is 823. The van der Waals surface area contributed by atoms with Gasteiger partial charge in [0.2, 0.25) is 0 Å². The van der Waals surface area contributed by atoms with E-state index >= 15 is 0 Å². The predicted octanol–water partition coefficient (Wildman–Crippen LogP) is 5.46. The lowest BCUT2D eigenvalue weighted by Crippen LogP contribution is -1.96. The van der Waals surface area contributed by atoms with Gasteiger partial charge in [0.1, 0.15) is 18.2 Å². The number of hydrogen-bond acceptors (Lipinski definition) is 2. The molecule has 120 valence electrons. The summed E-state index contributed by atoms with van der Waals surface area (Å²) in [4.78, 5) is 4.44. The van der Waals surface area contributed by atoms with E-state index in [1.165, 1.54) is 17.7 Å². The van der Waals surface area contributed by atoms with Crippen molar-refractivity contribution >= 4 is 11.9 Å². The normalized spacial score (nSPS) is 10.9. The van der Waals surface area contributed by atoms with Crippen LogP contribution in [0.2, 0.25) is 0 Å². The fourth-order valence-corrected chi connectivity index (χ4v) is 2.22. The highest BCUT2D eigenvalue weighted by atomic mass is 19.1. The van der Waals surface area contributed by atoms with Crippen LogP contribution in [0.3, 0.4) is 0 Å². The topological polar surface area (TPSA) is 21.6 Å². The van der Waals surface area contributed by atoms with E-state index in [0.29, 0.717) is 6.61 Å². The van der Waals surface area contributed by atoms with Gasteiger partial charge in [0.05, 0.1) is 5.69 Å². The zero-order chi connectivity index (χ0) is 16.8. The van der Waals surface area contributed by atoms with Crippen molar-refractivity contribution < 1.29 is 9.13 Å². The van der Waals surface area contributed by atoms with Crippen LogP contribution in [0.1, 0.15) is 16.7 Å². The highest BCUT2D eigenvalue weighted by molar-refractivity contribution is 5.82. The van der Waals surface area contributed by atoms with E-state index in [9.17, 15) is 4.39 Å². The lowest BCUT2D eigenvalue weighted by Gasteiger charge is -2.06. The molecule has 0 saturated heterocycles. The summed E-state index contributed by atoms with van der Waals surface area (Å²) in [6.07, 6.45) is 1.82. The molecule has 0 aromatic heterocycles. The van der Waals surface area contributed by atoms with Gasteiger partial charge in [-0.1, -0.05) is 29.8 Å². The molecule has 0 radical (unpaired) electrons. The smallest absolute Gasteiger partial charge is 0.123 e. The summed E-state index contributed by atoms with van der Waals surface area (Å²) in [5.41, 5.74) is 3.94. The molecule has 0 heterocycles. The summed E-state index contributed by atoms with van der Waals surface area (Å²) in [5.74, 6) is 0.491. The summed E-state index contributed by atoms with van der Waals surface area (Å²) in [5, 5.41) is 0. The van der Waals surface area contributed by atoms with E-state index in [2.05, 4.69) is 11.9 Å². The molecule has 0 aliphatic rings. The molecule has 3 rings (SSSR count). The molecular weight excluding hydrogens is 301 g/mol. The Balaban J connectivity index is 1.59. The van der Waals surface area contributed by atoms with Crippen molar-refractivity contribution in [2.24, 2.45) is 4.99 Å². The van der Waals surface area contributed by atoms with Crippen LogP contribution in [0, 0.1) is 12.7 Å². The Morgan fingerprint density at radius 2 is 1.71 bits per heavy atom. The first-order chi connectivity index (χ1) is 11.7. The van der Waals surface area contributed by atoms with Gasteiger partial charge in [0, 0.05) is 6.21 Å². The molecule has 0 spiro atoms. The second-order valence-corrected chi connectivity index (χ2v) is 5.58. The van der Waals surface area contributed by atoms with Gasteiger partial charge in [-0.3, -0.25) is 4.99 Å². The molecule has 0 N–H and O–H groups in total. The molecule has 0 aliphatic carbocycles. The Labute approximate surface area is 141 Å². The summed E-state index contributed by atoms with van der Waals surface area (Å²) in [6.45, 7) is 2.39. The maximum absolute atomic E-state index is 13.1. The standard InChI is InChI=1S/C21H18FNO/c1-16-5-9-20(10-6-16)23-14-17-7-11-21(12-8-17)24-15-18-3-2-4-19(22)13-18/h2-14H,15H2,1H3. The highest BCUT2D eigenvalue weighted by Crippen LogP contribution is 2.16. The minimum absolute atomic E-state index is 0.251. The van der Waals surface area contributed by atoms with Crippen molar-refractivity contribution in [2.75, 3.05) is 0 Å². The predicted molar refractivity (Wildman–Crippen MR) is 95.6 cm³/mol. The monoisotopic (exact) mass is 319 g/mol. The van der Waals surface area contributed by atoms with E-state index in [4.69, 9.17) is 4.74 Å². The zero-order valence-electron chi connectivity index (χ0n) is 13.4. The average molecular weight is 319 g/mol. The summed E-state index contributed by atoms with van der Waals surface area (Å²) in [7, 11) is 0. The second kappa shape index (κ2) is 7.55. The molecule has 0 amide bonds. The van der Waals surface area contributed by atoms with Crippen LogP contribution >= 0.6 is 0 Å². The van der Waals surface area contributed by atoms with Crippen molar-refractivity contribution in [1.82, 2.24) is 0 Å². The number of halogens is 1. The fourth-order valence-electron chi connectivity index (χ4n) is 2.22. The first kappa shape index (κ1) is 15.9. The maximum atomic E-state index is 13.1. The Hall–Kier alpha value is -2.94. The molecule has 3 aromatic rings. The number of ether oxygens (including phenoxy) is 1. The van der Waals surface area contributed by atoms with E-state index in [1.807, 2.05) is 60.8 Å². The van der Waals surface area contributed by atoms with Gasteiger partial charge in [0.15, 0.2) is 0 Å². The van der Waals surface area contributed by atoms with Crippen molar-refractivity contribution in [3.8, 4) is 5.75 Å². The first-order valence-corrected chi connectivity index (χ1v) is 7.77. The third-order valence-electron chi connectivity index (χ3n) is 3.57. The lowest BCUT2D eigenvalue weighted by atomic mass is 10.2. The number of aliphatic imine (C=N–C) groups is 1. The van der Waals surface area contributed by atoms with Crippen molar-refractivity contribution in [3.63, 3.8) is 0 Å². The number of nitrogens with zero attached hydrogens (tertiary/aromatic N) is 1. The van der Waals surface area contributed by atoms with Gasteiger partial charge < -0.3 is 4.74 Å². The third-order valence-corrected chi connectivity index (χ3v) is 3.57. The van der Waals surface area contributed by atoms with Crippen LogP contribution in [-0.4, -0.2) is 6.21 Å². The first-order valence-electron chi connectivity index (χ1n) is 7.77. The van der Waals surface area contributed by atoms with Crippen LogP contribution in [0.15, 0.2) is 77.8 Å². The summed E-state index contributed by atoms with van der Waals surface area (Å²) < 4.78 is 18.8. The number of aryl methyl sites for hydroxylation is 1. The molecular formula is C21H18FNO. The number of hydrogen-bond donors (Lipinski definition) is 0. The Morgan fingerprint density at radius 1 is 0.958 bits per heavy atom. The zero-order valence-corrected chi connectivity index (χ0v) is 13.4. The molecule has 0 fully saturated rings. The minimum Gasteiger partial charge on any atom is -0.489 e. The molecule has 0 atom stereocenters. The minimum atomic E-state index is -0.251. The Kier molecular flexibility index (Phi) is 5.02. The fraction of sp³-hybridized carbons (Fsp3) is 0.0952. The van der Waals surface area contributed by atoms with Gasteiger partial charge in [-0.05, 0) is 66.6 Å². The van der Waals surface area contributed by atoms with E-state index in [-0.39, 0.29) is 5.82 Å². The van der Waals surface area contributed by atoms with Crippen LogP contribution in [0.4, 0.5) is 10.1 Å². The van der Waals surface area contributed by atoms with Crippen molar-refractivity contribution in [2.45, 2.75) is 13.5 Å². The SMILES string of the molecule is Cc1ccc(N=Cc2ccc(OCc3cccc(F)c3)cc2)cc1. The molecule has 2 nitrogen and oxygen atoms in total. The lowest BCUT2D eigenvalue weighted by molar-refractivity contribution is 0.305. The summed E-state index contributed by atoms with van der Waals surface area (Å²) >= 11 is 0. The van der Waals surface area contributed by atoms with Crippen LogP contribution in [0.25, 0.3) is 0 Å². The van der Waals surface area contributed by atoms with Crippen LogP contribution in [0.5, 0.6) is 5.75 Å². The highest BCUT2D eigenvalue weighted by Gasteiger charge is 1.98. The maximum Gasteiger partial charge on any atom is 0.123 e. The molecule has 3 aromatic carbocycles. The number of benzene rings is 3. The van der Waals surface area contributed by atoms with Gasteiger partial charge in [0.25, 0.3) is 0 Å².